The van der Waals surface area contributed by atoms with Gasteiger partial charge in [0.15, 0.2) is 0 Å². The predicted octanol–water partition coefficient (Wildman–Crippen LogP) is 4.25. The molecule has 0 fully saturated rings. The van der Waals surface area contributed by atoms with E-state index >= 15 is 0 Å². The lowest BCUT2D eigenvalue weighted by molar-refractivity contribution is 0.178. The van der Waals surface area contributed by atoms with Crippen molar-refractivity contribution in [3.05, 3.63) is 48.8 Å². The Morgan fingerprint density at radius 1 is 1.29 bits per heavy atom. The SMILES string of the molecule is Cc1csc(CC(O)c2cc(Br)cc(Br)c2)n1. The van der Waals surface area contributed by atoms with Crippen LogP contribution < -0.4 is 0 Å². The van der Waals surface area contributed by atoms with Crippen molar-refractivity contribution in [3.8, 4) is 0 Å². The molecule has 1 N–H and O–H groups in total. The number of aliphatic hydroxyl groups excluding tert-OH is 1. The third kappa shape index (κ3) is 3.61. The molecule has 2 aromatic rings. The molecule has 5 heteroatoms. The van der Waals surface area contributed by atoms with Crippen LogP contribution in [0.2, 0.25) is 0 Å². The maximum atomic E-state index is 10.2. The highest BCUT2D eigenvalue weighted by Gasteiger charge is 2.12. The van der Waals surface area contributed by atoms with Crippen molar-refractivity contribution in [1.82, 2.24) is 4.98 Å². The monoisotopic (exact) mass is 375 g/mol. The van der Waals surface area contributed by atoms with Crippen LogP contribution in [-0.4, -0.2) is 10.1 Å². The zero-order valence-corrected chi connectivity index (χ0v) is 13.1. The van der Waals surface area contributed by atoms with E-state index in [4.69, 9.17) is 0 Å². The quantitative estimate of drug-likeness (QED) is 0.868. The number of benzene rings is 1. The molecular formula is C12H11Br2NOS. The normalized spacial score (nSPS) is 12.7. The van der Waals surface area contributed by atoms with Crippen LogP contribution in [-0.2, 0) is 6.42 Å². The Morgan fingerprint density at radius 3 is 2.47 bits per heavy atom. The standard InChI is InChI=1S/C12H11Br2NOS/c1-7-6-17-12(15-7)5-11(16)8-2-9(13)4-10(14)3-8/h2-4,6,11,16H,5H2,1H3. The highest BCUT2D eigenvalue weighted by Crippen LogP contribution is 2.26. The predicted molar refractivity (Wildman–Crippen MR) is 77.4 cm³/mol. The van der Waals surface area contributed by atoms with Crippen LogP contribution in [0.25, 0.3) is 0 Å². The number of hydrogen-bond acceptors (Lipinski definition) is 3. The lowest BCUT2D eigenvalue weighted by atomic mass is 10.1. The van der Waals surface area contributed by atoms with Gasteiger partial charge in [-0.2, -0.15) is 0 Å². The average Bonchev–Trinajstić information content (AvgIpc) is 2.62. The fraction of sp³-hybridized carbons (Fsp3) is 0.250. The largest absolute Gasteiger partial charge is 0.388 e. The summed E-state index contributed by atoms with van der Waals surface area (Å²) >= 11 is 8.42. The fourth-order valence-corrected chi connectivity index (χ4v) is 3.69. The van der Waals surface area contributed by atoms with E-state index in [0.717, 1.165) is 25.2 Å². The number of aliphatic hydroxyl groups is 1. The van der Waals surface area contributed by atoms with Gasteiger partial charge >= 0.3 is 0 Å². The summed E-state index contributed by atoms with van der Waals surface area (Å²) in [5.74, 6) is 0. The van der Waals surface area contributed by atoms with Crippen molar-refractivity contribution in [2.24, 2.45) is 0 Å². The molecule has 0 saturated carbocycles. The second-order valence-electron chi connectivity index (χ2n) is 3.81. The van der Waals surface area contributed by atoms with E-state index in [2.05, 4.69) is 36.8 Å². The van der Waals surface area contributed by atoms with E-state index in [1.165, 1.54) is 0 Å². The number of hydrogen-bond donors (Lipinski definition) is 1. The summed E-state index contributed by atoms with van der Waals surface area (Å²) in [6, 6.07) is 5.80. The molecule has 1 unspecified atom stereocenters. The minimum absolute atomic E-state index is 0.519. The first kappa shape index (κ1) is 13.2. The van der Waals surface area contributed by atoms with Crippen molar-refractivity contribution in [3.63, 3.8) is 0 Å². The zero-order valence-electron chi connectivity index (χ0n) is 9.15. The van der Waals surface area contributed by atoms with Crippen molar-refractivity contribution < 1.29 is 5.11 Å². The van der Waals surface area contributed by atoms with Gasteiger partial charge in [-0.25, -0.2) is 4.98 Å². The summed E-state index contributed by atoms with van der Waals surface area (Å²) in [6.07, 6.45) is 0.0378. The summed E-state index contributed by atoms with van der Waals surface area (Å²) in [4.78, 5) is 4.36. The summed E-state index contributed by atoms with van der Waals surface area (Å²) in [5.41, 5.74) is 1.90. The van der Waals surface area contributed by atoms with Gasteiger partial charge in [-0.3, -0.25) is 0 Å². The highest BCUT2D eigenvalue weighted by atomic mass is 79.9. The molecule has 0 amide bonds. The van der Waals surface area contributed by atoms with E-state index in [1.807, 2.05) is 30.5 Å². The average molecular weight is 377 g/mol. The van der Waals surface area contributed by atoms with E-state index in [9.17, 15) is 5.11 Å². The molecule has 0 aliphatic rings. The highest BCUT2D eigenvalue weighted by molar-refractivity contribution is 9.11. The van der Waals surface area contributed by atoms with Crippen LogP contribution >= 0.6 is 43.2 Å². The molecule has 0 aliphatic carbocycles. The van der Waals surface area contributed by atoms with Gasteiger partial charge < -0.3 is 5.11 Å². The lowest BCUT2D eigenvalue weighted by Crippen LogP contribution is -2.01. The number of aryl methyl sites for hydroxylation is 1. The Morgan fingerprint density at radius 2 is 1.94 bits per heavy atom. The van der Waals surface area contributed by atoms with Gasteiger partial charge in [-0.1, -0.05) is 31.9 Å². The number of aromatic nitrogens is 1. The second-order valence-corrected chi connectivity index (χ2v) is 6.58. The van der Waals surface area contributed by atoms with Crippen molar-refractivity contribution >= 4 is 43.2 Å². The molecule has 0 saturated heterocycles. The minimum Gasteiger partial charge on any atom is -0.388 e. The van der Waals surface area contributed by atoms with Crippen LogP contribution in [0, 0.1) is 6.92 Å². The molecule has 2 nitrogen and oxygen atoms in total. The Hall–Kier alpha value is -0.230. The van der Waals surface area contributed by atoms with Crippen molar-refractivity contribution in [2.75, 3.05) is 0 Å². The van der Waals surface area contributed by atoms with Crippen LogP contribution in [0.4, 0.5) is 0 Å². The smallest absolute Gasteiger partial charge is 0.0957 e. The molecule has 0 spiro atoms. The maximum Gasteiger partial charge on any atom is 0.0957 e. The third-order valence-electron chi connectivity index (χ3n) is 2.30. The van der Waals surface area contributed by atoms with Gasteiger partial charge in [-0.15, -0.1) is 11.3 Å². The van der Waals surface area contributed by atoms with Gasteiger partial charge in [0.05, 0.1) is 11.1 Å². The topological polar surface area (TPSA) is 33.1 Å². The van der Waals surface area contributed by atoms with Gasteiger partial charge in [0.1, 0.15) is 0 Å². The maximum absolute atomic E-state index is 10.2. The number of rotatable bonds is 3. The Bertz CT molecular complexity index is 507. The van der Waals surface area contributed by atoms with Crippen LogP contribution in [0.5, 0.6) is 0 Å². The molecule has 1 atom stereocenters. The van der Waals surface area contributed by atoms with Gasteiger partial charge in [0.25, 0.3) is 0 Å². The van der Waals surface area contributed by atoms with Crippen molar-refractivity contribution in [1.29, 1.82) is 0 Å². The van der Waals surface area contributed by atoms with E-state index < -0.39 is 6.10 Å². The van der Waals surface area contributed by atoms with Crippen molar-refractivity contribution in [2.45, 2.75) is 19.4 Å². The lowest BCUT2D eigenvalue weighted by Gasteiger charge is -2.10. The van der Waals surface area contributed by atoms with Crippen LogP contribution in [0.1, 0.15) is 22.4 Å². The summed E-state index contributed by atoms with van der Waals surface area (Å²) in [5, 5.41) is 13.1. The molecule has 17 heavy (non-hydrogen) atoms. The number of thiazole rings is 1. The van der Waals surface area contributed by atoms with Gasteiger partial charge in [-0.05, 0) is 30.7 Å². The van der Waals surface area contributed by atoms with Gasteiger partial charge in [0.2, 0.25) is 0 Å². The first-order chi connectivity index (χ1) is 8.04. The third-order valence-corrected chi connectivity index (χ3v) is 4.21. The number of nitrogens with zero attached hydrogens (tertiary/aromatic N) is 1. The summed E-state index contributed by atoms with van der Waals surface area (Å²) < 4.78 is 1.91. The van der Waals surface area contributed by atoms with Crippen LogP contribution in [0.3, 0.4) is 0 Å². The Labute approximate surface area is 121 Å². The minimum atomic E-state index is -0.519. The van der Waals surface area contributed by atoms with Gasteiger partial charge in [0, 0.05) is 26.4 Å². The van der Waals surface area contributed by atoms with E-state index in [-0.39, 0.29) is 0 Å². The molecule has 2 rings (SSSR count). The summed E-state index contributed by atoms with van der Waals surface area (Å²) in [7, 11) is 0. The molecule has 0 radical (unpaired) electrons. The Balaban J connectivity index is 2.16. The van der Waals surface area contributed by atoms with E-state index in [1.54, 1.807) is 11.3 Å². The fourth-order valence-electron chi connectivity index (χ4n) is 1.55. The Kier molecular flexibility index (Phi) is 4.36. The molecule has 0 bridgehead atoms. The molecule has 1 aromatic heterocycles. The zero-order chi connectivity index (χ0) is 12.4. The van der Waals surface area contributed by atoms with E-state index in [0.29, 0.717) is 6.42 Å². The molecule has 90 valence electrons. The second kappa shape index (κ2) is 5.61. The molecule has 1 heterocycles. The summed E-state index contributed by atoms with van der Waals surface area (Å²) in [6.45, 7) is 1.96. The first-order valence-electron chi connectivity index (χ1n) is 5.09. The first-order valence-corrected chi connectivity index (χ1v) is 7.56. The molecule has 0 aliphatic heterocycles. The molecule has 1 aromatic carbocycles. The van der Waals surface area contributed by atoms with Crippen LogP contribution in [0.15, 0.2) is 32.5 Å². The molecular weight excluding hydrogens is 366 g/mol. The number of halogens is 2.